The molecule has 0 unspecified atom stereocenters. The van der Waals surface area contributed by atoms with Gasteiger partial charge in [0.1, 0.15) is 24.8 Å². The van der Waals surface area contributed by atoms with Gasteiger partial charge in [-0.2, -0.15) is 0 Å². The van der Waals surface area contributed by atoms with Gasteiger partial charge in [-0.1, -0.05) is 39.5 Å². The van der Waals surface area contributed by atoms with E-state index in [1.807, 2.05) is 0 Å². The number of unbranched alkanes of at least 4 members (excludes halogenated alkanes) is 7. The summed E-state index contributed by atoms with van der Waals surface area (Å²) in [6.07, 6.45) is 26.5. The zero-order valence-corrected chi connectivity index (χ0v) is 17.2. The fourth-order valence-electron chi connectivity index (χ4n) is 3.44. The van der Waals surface area contributed by atoms with E-state index in [4.69, 9.17) is 0 Å². The lowest BCUT2D eigenvalue weighted by molar-refractivity contribution is -0.697. The highest BCUT2D eigenvalue weighted by molar-refractivity contribution is 4.68. The van der Waals surface area contributed by atoms with Crippen molar-refractivity contribution in [3.05, 3.63) is 37.4 Å². The van der Waals surface area contributed by atoms with Crippen molar-refractivity contribution in [2.45, 2.75) is 104 Å². The van der Waals surface area contributed by atoms with E-state index in [2.05, 4.69) is 69.6 Å². The first-order valence-corrected chi connectivity index (χ1v) is 10.9. The van der Waals surface area contributed by atoms with E-state index < -0.39 is 0 Å². The van der Waals surface area contributed by atoms with Crippen molar-refractivity contribution in [3.8, 4) is 0 Å². The van der Waals surface area contributed by atoms with Crippen LogP contribution in [-0.2, 0) is 26.2 Å². The zero-order valence-electron chi connectivity index (χ0n) is 17.2. The van der Waals surface area contributed by atoms with Crippen LogP contribution in [0.5, 0.6) is 0 Å². The standard InChI is InChI=1S/C22H40N4/c1-3-5-7-9-13-23-17-19-25(21-23)15-11-12-16-26-20-18-24(22-26)14-10-8-6-4-2/h17-22H,3-16H2,1-2H3/q+2. The average Bonchev–Trinajstić information content (AvgIpc) is 3.29. The molecule has 0 radical (unpaired) electrons. The quantitative estimate of drug-likeness (QED) is 0.329. The Hall–Kier alpha value is -1.58. The van der Waals surface area contributed by atoms with E-state index >= 15 is 0 Å². The van der Waals surface area contributed by atoms with Crippen molar-refractivity contribution >= 4 is 0 Å². The van der Waals surface area contributed by atoms with E-state index in [0.717, 1.165) is 26.2 Å². The Morgan fingerprint density at radius 2 is 1.04 bits per heavy atom. The van der Waals surface area contributed by atoms with Crippen LogP contribution >= 0.6 is 0 Å². The maximum atomic E-state index is 2.34. The van der Waals surface area contributed by atoms with Crippen LogP contribution in [-0.4, -0.2) is 9.13 Å². The van der Waals surface area contributed by atoms with Crippen molar-refractivity contribution in [1.82, 2.24) is 9.13 Å². The molecule has 2 aromatic rings. The van der Waals surface area contributed by atoms with Gasteiger partial charge in [-0.05, 0) is 38.5 Å². The minimum Gasteiger partial charge on any atom is -0.237 e. The third-order valence-electron chi connectivity index (χ3n) is 5.11. The van der Waals surface area contributed by atoms with Gasteiger partial charge >= 0.3 is 0 Å². The largest absolute Gasteiger partial charge is 0.243 e. The molecule has 26 heavy (non-hydrogen) atoms. The second-order valence-electron chi connectivity index (χ2n) is 7.61. The highest BCUT2D eigenvalue weighted by Crippen LogP contribution is 2.01. The van der Waals surface area contributed by atoms with Crippen LogP contribution in [0.2, 0.25) is 0 Å². The molecule has 146 valence electrons. The summed E-state index contributed by atoms with van der Waals surface area (Å²) in [5.41, 5.74) is 0. The van der Waals surface area contributed by atoms with Crippen molar-refractivity contribution < 1.29 is 9.13 Å². The lowest BCUT2D eigenvalue weighted by atomic mass is 10.2. The molecule has 2 rings (SSSR count). The number of aromatic nitrogens is 4. The van der Waals surface area contributed by atoms with E-state index in [1.54, 1.807) is 0 Å². The van der Waals surface area contributed by atoms with E-state index in [0.29, 0.717) is 0 Å². The van der Waals surface area contributed by atoms with Crippen LogP contribution in [0.15, 0.2) is 37.4 Å². The number of hydrogen-bond acceptors (Lipinski definition) is 0. The van der Waals surface area contributed by atoms with Crippen molar-refractivity contribution in [3.63, 3.8) is 0 Å². The Bertz CT molecular complexity index is 532. The number of hydrogen-bond donors (Lipinski definition) is 0. The summed E-state index contributed by atoms with van der Waals surface area (Å²) in [4.78, 5) is 0. The lowest BCUT2D eigenvalue weighted by Crippen LogP contribution is -2.31. The predicted octanol–water partition coefficient (Wildman–Crippen LogP) is 4.51. The van der Waals surface area contributed by atoms with Crippen LogP contribution in [0.4, 0.5) is 0 Å². The van der Waals surface area contributed by atoms with E-state index in [-0.39, 0.29) is 0 Å². The normalized spacial score (nSPS) is 11.3. The molecule has 0 amide bonds. The maximum absolute atomic E-state index is 2.34. The third kappa shape index (κ3) is 8.20. The SMILES string of the molecule is CCCCCC[n+]1ccn(CCCCn2cc[n+](CCCCCC)c2)c1. The molecule has 0 saturated carbocycles. The summed E-state index contributed by atoms with van der Waals surface area (Å²) in [6, 6.07) is 0. The Kier molecular flexibility index (Phi) is 10.1. The number of rotatable bonds is 15. The highest BCUT2D eigenvalue weighted by Gasteiger charge is 2.06. The van der Waals surface area contributed by atoms with Gasteiger partial charge in [0.05, 0.1) is 26.2 Å². The Balaban J connectivity index is 1.57. The second-order valence-corrected chi connectivity index (χ2v) is 7.61. The van der Waals surface area contributed by atoms with Crippen molar-refractivity contribution in [1.29, 1.82) is 0 Å². The highest BCUT2D eigenvalue weighted by atomic mass is 15.1. The number of nitrogens with zero attached hydrogens (tertiary/aromatic N) is 4. The van der Waals surface area contributed by atoms with Gasteiger partial charge < -0.3 is 0 Å². The molecule has 4 heteroatoms. The van der Waals surface area contributed by atoms with Gasteiger partial charge in [0.2, 0.25) is 12.7 Å². The Labute approximate surface area is 160 Å². The van der Waals surface area contributed by atoms with Crippen LogP contribution < -0.4 is 9.13 Å². The molecule has 2 heterocycles. The van der Waals surface area contributed by atoms with E-state index in [1.165, 1.54) is 64.2 Å². The Morgan fingerprint density at radius 1 is 0.577 bits per heavy atom. The first kappa shape index (κ1) is 20.7. The van der Waals surface area contributed by atoms with Crippen LogP contribution in [0.3, 0.4) is 0 Å². The molecule has 0 atom stereocenters. The molecule has 0 spiro atoms. The first-order valence-electron chi connectivity index (χ1n) is 10.9. The summed E-state index contributed by atoms with van der Waals surface area (Å²) in [6.45, 7) is 9.11. The molecule has 0 N–H and O–H groups in total. The second kappa shape index (κ2) is 12.7. The molecular weight excluding hydrogens is 320 g/mol. The molecule has 0 aromatic carbocycles. The molecule has 0 aliphatic rings. The minimum absolute atomic E-state index is 1.13. The smallest absolute Gasteiger partial charge is 0.237 e. The van der Waals surface area contributed by atoms with Crippen LogP contribution in [0.1, 0.15) is 78.1 Å². The summed E-state index contributed by atoms with van der Waals surface area (Å²) in [5, 5.41) is 0. The van der Waals surface area contributed by atoms with Gasteiger partial charge in [0.25, 0.3) is 0 Å². The van der Waals surface area contributed by atoms with Gasteiger partial charge in [-0.3, -0.25) is 0 Å². The van der Waals surface area contributed by atoms with Gasteiger partial charge in [-0.15, -0.1) is 0 Å². The molecule has 0 saturated heterocycles. The summed E-state index contributed by atoms with van der Waals surface area (Å²) < 4.78 is 9.35. The molecule has 0 aliphatic heterocycles. The summed E-state index contributed by atoms with van der Waals surface area (Å²) >= 11 is 0. The van der Waals surface area contributed by atoms with Gasteiger partial charge in [-0.25, -0.2) is 18.3 Å². The lowest BCUT2D eigenvalue weighted by Gasteiger charge is -1.98. The topological polar surface area (TPSA) is 17.6 Å². The number of aryl methyl sites for hydroxylation is 4. The monoisotopic (exact) mass is 360 g/mol. The Morgan fingerprint density at radius 3 is 1.46 bits per heavy atom. The molecular formula is C22H40N4+2. The predicted molar refractivity (Wildman–Crippen MR) is 107 cm³/mol. The van der Waals surface area contributed by atoms with Crippen LogP contribution in [0, 0.1) is 0 Å². The maximum Gasteiger partial charge on any atom is 0.243 e. The van der Waals surface area contributed by atoms with Gasteiger partial charge in [0.15, 0.2) is 0 Å². The van der Waals surface area contributed by atoms with Gasteiger partial charge in [0, 0.05) is 0 Å². The zero-order chi connectivity index (χ0) is 18.5. The fourth-order valence-corrected chi connectivity index (χ4v) is 3.44. The minimum atomic E-state index is 1.13. The molecule has 2 aromatic heterocycles. The summed E-state index contributed by atoms with van der Waals surface area (Å²) in [7, 11) is 0. The van der Waals surface area contributed by atoms with E-state index in [9.17, 15) is 0 Å². The third-order valence-corrected chi connectivity index (χ3v) is 5.11. The first-order chi connectivity index (χ1) is 12.8. The molecule has 0 bridgehead atoms. The fraction of sp³-hybridized carbons (Fsp3) is 0.727. The molecule has 0 aliphatic carbocycles. The van der Waals surface area contributed by atoms with Crippen molar-refractivity contribution in [2.24, 2.45) is 0 Å². The summed E-state index contributed by atoms with van der Waals surface area (Å²) in [5.74, 6) is 0. The van der Waals surface area contributed by atoms with Crippen molar-refractivity contribution in [2.75, 3.05) is 0 Å². The molecule has 0 fully saturated rings. The van der Waals surface area contributed by atoms with Crippen LogP contribution in [0.25, 0.3) is 0 Å². The average molecular weight is 361 g/mol. The number of imidazole rings is 2. The molecule has 4 nitrogen and oxygen atoms in total.